The summed E-state index contributed by atoms with van der Waals surface area (Å²) in [5.74, 6) is -0.0654. The topological polar surface area (TPSA) is 58.6 Å². The first kappa shape index (κ1) is 13.5. The molecule has 0 aliphatic heterocycles. The second-order valence-corrected chi connectivity index (χ2v) is 4.52. The van der Waals surface area contributed by atoms with Crippen molar-refractivity contribution in [2.75, 3.05) is 14.2 Å². The highest BCUT2D eigenvalue weighted by Crippen LogP contribution is 2.33. The van der Waals surface area contributed by atoms with Gasteiger partial charge in [0.05, 0.1) is 12.5 Å². The minimum atomic E-state index is -0.872. The molecule has 0 spiro atoms. The zero-order chi connectivity index (χ0) is 13.1. The van der Waals surface area contributed by atoms with Gasteiger partial charge in [0.25, 0.3) is 0 Å². The molecule has 17 heavy (non-hydrogen) atoms. The van der Waals surface area contributed by atoms with Crippen molar-refractivity contribution >= 4 is 5.97 Å². The largest absolute Gasteiger partial charge is 0.497 e. The number of carboxylic acids is 1. The smallest absolute Gasteiger partial charge is 0.311 e. The third-order valence-corrected chi connectivity index (χ3v) is 3.01. The van der Waals surface area contributed by atoms with Crippen LogP contribution in [-0.4, -0.2) is 25.2 Å². The zero-order valence-corrected chi connectivity index (χ0v) is 10.7. The number of aliphatic carboxylic acids is 1. The summed E-state index contributed by atoms with van der Waals surface area (Å²) in [7, 11) is 3.37. The highest BCUT2D eigenvalue weighted by atomic mass is 16.5. The number of methoxy groups -OCH3 is 1. The van der Waals surface area contributed by atoms with Gasteiger partial charge in [-0.3, -0.25) is 4.79 Å². The van der Waals surface area contributed by atoms with E-state index in [0.717, 1.165) is 11.3 Å². The molecule has 0 fully saturated rings. The molecule has 1 unspecified atom stereocenters. The summed E-state index contributed by atoms with van der Waals surface area (Å²) < 4.78 is 5.08. The Morgan fingerprint density at radius 1 is 1.35 bits per heavy atom. The van der Waals surface area contributed by atoms with Crippen LogP contribution in [-0.2, 0) is 4.79 Å². The highest BCUT2D eigenvalue weighted by molar-refractivity contribution is 5.75. The number of ether oxygens (including phenoxy) is 1. The molecule has 1 aromatic carbocycles. The van der Waals surface area contributed by atoms with Crippen LogP contribution in [0.15, 0.2) is 24.3 Å². The molecule has 0 amide bonds. The van der Waals surface area contributed by atoms with E-state index in [2.05, 4.69) is 5.32 Å². The fraction of sp³-hybridized carbons (Fsp3) is 0.462. The van der Waals surface area contributed by atoms with Gasteiger partial charge in [-0.25, -0.2) is 0 Å². The third-order valence-electron chi connectivity index (χ3n) is 3.01. The lowest BCUT2D eigenvalue weighted by atomic mass is 9.80. The Labute approximate surface area is 102 Å². The third kappa shape index (κ3) is 2.77. The molecular formula is C13H19NO3. The molecule has 94 valence electrons. The highest BCUT2D eigenvalue weighted by Gasteiger charge is 2.36. The fourth-order valence-corrected chi connectivity index (χ4v) is 1.86. The number of benzene rings is 1. The van der Waals surface area contributed by atoms with E-state index >= 15 is 0 Å². The SMILES string of the molecule is CNC(c1ccc(OC)cc1)C(C)(C)C(=O)O. The van der Waals surface area contributed by atoms with Gasteiger partial charge < -0.3 is 15.2 Å². The van der Waals surface area contributed by atoms with Crippen molar-refractivity contribution in [1.82, 2.24) is 5.32 Å². The maximum atomic E-state index is 11.3. The van der Waals surface area contributed by atoms with Crippen molar-refractivity contribution in [1.29, 1.82) is 0 Å². The molecule has 1 atom stereocenters. The Morgan fingerprint density at radius 2 is 1.88 bits per heavy atom. The van der Waals surface area contributed by atoms with Crippen molar-refractivity contribution in [3.05, 3.63) is 29.8 Å². The molecule has 0 saturated heterocycles. The fourth-order valence-electron chi connectivity index (χ4n) is 1.86. The summed E-state index contributed by atoms with van der Waals surface area (Å²) in [6.07, 6.45) is 0. The van der Waals surface area contributed by atoms with Gasteiger partial charge in [-0.15, -0.1) is 0 Å². The van der Waals surface area contributed by atoms with Gasteiger partial charge in [-0.1, -0.05) is 12.1 Å². The lowest BCUT2D eigenvalue weighted by molar-refractivity contribution is -0.148. The predicted molar refractivity (Wildman–Crippen MR) is 66.2 cm³/mol. The Balaban J connectivity index is 3.05. The molecule has 2 N–H and O–H groups in total. The Morgan fingerprint density at radius 3 is 2.24 bits per heavy atom. The molecule has 1 aromatic rings. The van der Waals surface area contributed by atoms with Gasteiger partial charge in [0, 0.05) is 6.04 Å². The molecule has 0 bridgehead atoms. The standard InChI is InChI=1S/C13H19NO3/c1-13(2,12(15)16)11(14-3)9-5-7-10(17-4)8-6-9/h5-8,11,14H,1-4H3,(H,15,16). The molecule has 0 aromatic heterocycles. The summed E-state index contributed by atoms with van der Waals surface area (Å²) in [6.45, 7) is 3.42. The van der Waals surface area contributed by atoms with Crippen molar-refractivity contribution < 1.29 is 14.6 Å². The van der Waals surface area contributed by atoms with Crippen molar-refractivity contribution in [2.24, 2.45) is 5.41 Å². The molecule has 4 heteroatoms. The summed E-state index contributed by atoms with van der Waals surface area (Å²) in [6, 6.07) is 7.18. The van der Waals surface area contributed by atoms with Crippen LogP contribution in [0.25, 0.3) is 0 Å². The molecule has 0 aliphatic rings. The maximum absolute atomic E-state index is 11.3. The Kier molecular flexibility index (Phi) is 4.12. The van der Waals surface area contributed by atoms with E-state index < -0.39 is 11.4 Å². The van der Waals surface area contributed by atoms with Crippen LogP contribution >= 0.6 is 0 Å². The van der Waals surface area contributed by atoms with Gasteiger partial charge >= 0.3 is 5.97 Å². The van der Waals surface area contributed by atoms with E-state index in [1.807, 2.05) is 24.3 Å². The molecular weight excluding hydrogens is 218 g/mol. The van der Waals surface area contributed by atoms with E-state index in [-0.39, 0.29) is 6.04 Å². The predicted octanol–water partition coefficient (Wildman–Crippen LogP) is 2.07. The Bertz CT molecular complexity index is 384. The summed E-state index contributed by atoms with van der Waals surface area (Å²) >= 11 is 0. The molecule has 0 aliphatic carbocycles. The van der Waals surface area contributed by atoms with Crippen LogP contribution in [0, 0.1) is 5.41 Å². The van der Waals surface area contributed by atoms with Crippen LogP contribution in [0.1, 0.15) is 25.5 Å². The minimum Gasteiger partial charge on any atom is -0.497 e. The molecule has 0 heterocycles. The van der Waals surface area contributed by atoms with Gasteiger partial charge in [-0.2, -0.15) is 0 Å². The van der Waals surface area contributed by atoms with Gasteiger partial charge in [0.1, 0.15) is 5.75 Å². The van der Waals surface area contributed by atoms with Gasteiger partial charge in [-0.05, 0) is 38.6 Å². The number of carbonyl (C=O) groups is 1. The minimum absolute atomic E-state index is 0.245. The average molecular weight is 237 g/mol. The van der Waals surface area contributed by atoms with Crippen LogP contribution in [0.3, 0.4) is 0 Å². The van der Waals surface area contributed by atoms with Crippen LogP contribution < -0.4 is 10.1 Å². The monoisotopic (exact) mass is 237 g/mol. The average Bonchev–Trinajstić information content (AvgIpc) is 2.30. The van der Waals surface area contributed by atoms with E-state index in [4.69, 9.17) is 4.74 Å². The Hall–Kier alpha value is -1.55. The first-order valence-electron chi connectivity index (χ1n) is 5.48. The number of nitrogens with one attached hydrogen (secondary N) is 1. The van der Waals surface area contributed by atoms with Crippen LogP contribution in [0.5, 0.6) is 5.75 Å². The van der Waals surface area contributed by atoms with Crippen molar-refractivity contribution in [3.63, 3.8) is 0 Å². The van der Waals surface area contributed by atoms with Crippen molar-refractivity contribution in [3.8, 4) is 5.75 Å². The quantitative estimate of drug-likeness (QED) is 0.823. The van der Waals surface area contributed by atoms with Crippen molar-refractivity contribution in [2.45, 2.75) is 19.9 Å². The molecule has 0 saturated carbocycles. The van der Waals surface area contributed by atoms with E-state index in [1.165, 1.54) is 0 Å². The first-order chi connectivity index (χ1) is 7.93. The van der Waals surface area contributed by atoms with E-state index in [0.29, 0.717) is 0 Å². The number of rotatable bonds is 5. The number of carboxylic acid groups (broad SMARTS) is 1. The van der Waals surface area contributed by atoms with Gasteiger partial charge in [0.2, 0.25) is 0 Å². The summed E-state index contributed by atoms with van der Waals surface area (Å²) in [4.78, 5) is 11.3. The van der Waals surface area contributed by atoms with Gasteiger partial charge in [0.15, 0.2) is 0 Å². The number of hydrogen-bond acceptors (Lipinski definition) is 3. The second kappa shape index (κ2) is 5.19. The molecule has 1 rings (SSSR count). The second-order valence-electron chi connectivity index (χ2n) is 4.52. The van der Waals surface area contributed by atoms with Crippen LogP contribution in [0.4, 0.5) is 0 Å². The normalized spacial score (nSPS) is 13.2. The summed E-state index contributed by atoms with van der Waals surface area (Å²) in [5, 5.41) is 12.3. The molecule has 4 nitrogen and oxygen atoms in total. The summed E-state index contributed by atoms with van der Waals surface area (Å²) in [5.41, 5.74) is 0.0595. The lowest BCUT2D eigenvalue weighted by Gasteiger charge is -2.30. The van der Waals surface area contributed by atoms with E-state index in [9.17, 15) is 9.90 Å². The number of hydrogen-bond donors (Lipinski definition) is 2. The lowest BCUT2D eigenvalue weighted by Crippen LogP contribution is -2.38. The van der Waals surface area contributed by atoms with Crippen LogP contribution in [0.2, 0.25) is 0 Å². The first-order valence-corrected chi connectivity index (χ1v) is 5.48. The molecule has 0 radical (unpaired) electrons. The maximum Gasteiger partial charge on any atom is 0.311 e. The zero-order valence-electron chi connectivity index (χ0n) is 10.7. The van der Waals surface area contributed by atoms with E-state index in [1.54, 1.807) is 28.0 Å².